The molecule has 2 aromatic heterocycles. The van der Waals surface area contributed by atoms with Gasteiger partial charge in [-0.3, -0.25) is 9.69 Å². The standard InChI is InChI=1S/C26H37N7O2/c1-17(2)25-28-18(3)13-23(29-25)32-10-8-31(9-11-32)16-24(34)30-26-22(14-27)19(4)20(5)33(26)15-21-7-6-12-35-21/h13,17,21H,6-12,15-16H2,1-5H3,(H,30,34)/t21-/m1/s1. The van der Waals surface area contributed by atoms with Crippen LogP contribution in [0.2, 0.25) is 0 Å². The molecule has 0 bridgehead atoms. The predicted octanol–water partition coefficient (Wildman–Crippen LogP) is 3.14. The number of carbonyl (C=O) groups is 1. The molecule has 4 rings (SSSR count). The lowest BCUT2D eigenvalue weighted by molar-refractivity contribution is -0.117. The summed E-state index contributed by atoms with van der Waals surface area (Å²) in [5.74, 6) is 2.61. The van der Waals surface area contributed by atoms with Gasteiger partial charge in [0.05, 0.1) is 24.8 Å². The second kappa shape index (κ2) is 10.8. The number of rotatable bonds is 7. The molecular formula is C26H37N7O2. The highest BCUT2D eigenvalue weighted by atomic mass is 16.5. The number of aromatic nitrogens is 3. The van der Waals surface area contributed by atoms with Gasteiger partial charge in [-0.05, 0) is 39.2 Å². The van der Waals surface area contributed by atoms with E-state index in [1.54, 1.807) is 0 Å². The number of ether oxygens (including phenoxy) is 1. The SMILES string of the molecule is Cc1cc(N2CCN(CC(=O)Nc3c(C#N)c(C)c(C)n3C[C@H]3CCCO3)CC2)nc(C(C)C)n1. The van der Waals surface area contributed by atoms with Crippen molar-refractivity contribution in [2.24, 2.45) is 0 Å². The average molecular weight is 480 g/mol. The van der Waals surface area contributed by atoms with Crippen molar-refractivity contribution in [2.75, 3.05) is 49.5 Å². The lowest BCUT2D eigenvalue weighted by atomic mass is 10.2. The van der Waals surface area contributed by atoms with Gasteiger partial charge in [-0.2, -0.15) is 5.26 Å². The van der Waals surface area contributed by atoms with Crippen LogP contribution in [0, 0.1) is 32.1 Å². The number of hydrogen-bond donors (Lipinski definition) is 1. The van der Waals surface area contributed by atoms with Crippen molar-refractivity contribution in [3.8, 4) is 6.07 Å². The molecule has 0 aromatic carbocycles. The van der Waals surface area contributed by atoms with Crippen LogP contribution in [0.15, 0.2) is 6.07 Å². The molecule has 2 fully saturated rings. The quantitative estimate of drug-likeness (QED) is 0.651. The molecule has 9 nitrogen and oxygen atoms in total. The van der Waals surface area contributed by atoms with E-state index in [0.29, 0.717) is 24.5 Å². The molecule has 35 heavy (non-hydrogen) atoms. The van der Waals surface area contributed by atoms with Crippen LogP contribution < -0.4 is 10.2 Å². The Labute approximate surface area is 208 Å². The Morgan fingerprint density at radius 2 is 1.97 bits per heavy atom. The fourth-order valence-corrected chi connectivity index (χ4v) is 4.85. The number of piperazine rings is 1. The zero-order chi connectivity index (χ0) is 25.1. The van der Waals surface area contributed by atoms with Crippen molar-refractivity contribution in [3.05, 3.63) is 34.4 Å². The van der Waals surface area contributed by atoms with Crippen LogP contribution in [-0.4, -0.2) is 70.8 Å². The summed E-state index contributed by atoms with van der Waals surface area (Å²) in [6, 6.07) is 4.32. The molecule has 9 heteroatoms. The van der Waals surface area contributed by atoms with Crippen molar-refractivity contribution in [3.63, 3.8) is 0 Å². The number of nitrogens with one attached hydrogen (secondary N) is 1. The third kappa shape index (κ3) is 5.65. The highest BCUT2D eigenvalue weighted by Gasteiger charge is 2.26. The molecule has 188 valence electrons. The first-order chi connectivity index (χ1) is 16.8. The molecule has 0 unspecified atom stereocenters. The zero-order valence-electron chi connectivity index (χ0n) is 21.6. The summed E-state index contributed by atoms with van der Waals surface area (Å²) in [6.45, 7) is 15.0. The summed E-state index contributed by atoms with van der Waals surface area (Å²) in [6.07, 6.45) is 2.18. The monoisotopic (exact) mass is 479 g/mol. The maximum Gasteiger partial charge on any atom is 0.239 e. The topological polar surface area (TPSA) is 99.3 Å². The fourth-order valence-electron chi connectivity index (χ4n) is 4.85. The molecule has 2 saturated heterocycles. The zero-order valence-corrected chi connectivity index (χ0v) is 21.6. The summed E-state index contributed by atoms with van der Waals surface area (Å²) < 4.78 is 7.86. The van der Waals surface area contributed by atoms with Gasteiger partial charge in [0.2, 0.25) is 5.91 Å². The number of anilines is 2. The van der Waals surface area contributed by atoms with Gasteiger partial charge in [0.25, 0.3) is 0 Å². The van der Waals surface area contributed by atoms with E-state index in [9.17, 15) is 10.1 Å². The first-order valence-electron chi connectivity index (χ1n) is 12.6. The Balaban J connectivity index is 1.39. The summed E-state index contributed by atoms with van der Waals surface area (Å²) in [7, 11) is 0. The Morgan fingerprint density at radius 1 is 1.23 bits per heavy atom. The minimum Gasteiger partial charge on any atom is -0.376 e. The largest absolute Gasteiger partial charge is 0.376 e. The third-order valence-corrected chi connectivity index (χ3v) is 7.05. The number of nitriles is 1. The second-order valence-corrected chi connectivity index (χ2v) is 9.98. The summed E-state index contributed by atoms with van der Waals surface area (Å²) in [5.41, 5.74) is 3.43. The van der Waals surface area contributed by atoms with Crippen LogP contribution in [0.3, 0.4) is 0 Å². The number of amides is 1. The van der Waals surface area contributed by atoms with Crippen LogP contribution in [0.1, 0.15) is 60.9 Å². The van der Waals surface area contributed by atoms with Crippen LogP contribution in [0.25, 0.3) is 0 Å². The maximum absolute atomic E-state index is 13.0. The minimum absolute atomic E-state index is 0.0963. The van der Waals surface area contributed by atoms with Crippen molar-refractivity contribution in [1.29, 1.82) is 5.26 Å². The van der Waals surface area contributed by atoms with E-state index in [2.05, 4.69) is 40.0 Å². The Bertz CT molecular complexity index is 1100. The minimum atomic E-state index is -0.0963. The van der Waals surface area contributed by atoms with Gasteiger partial charge in [0.15, 0.2) is 0 Å². The van der Waals surface area contributed by atoms with E-state index in [1.165, 1.54) is 0 Å². The number of aryl methyl sites for hydroxylation is 1. The van der Waals surface area contributed by atoms with E-state index in [0.717, 1.165) is 74.2 Å². The first-order valence-corrected chi connectivity index (χ1v) is 12.6. The lowest BCUT2D eigenvalue weighted by Gasteiger charge is -2.35. The van der Waals surface area contributed by atoms with E-state index in [1.807, 2.05) is 31.4 Å². The lowest BCUT2D eigenvalue weighted by Crippen LogP contribution is -2.49. The van der Waals surface area contributed by atoms with Gasteiger partial charge in [-0.25, -0.2) is 9.97 Å². The van der Waals surface area contributed by atoms with Crippen molar-refractivity contribution < 1.29 is 9.53 Å². The van der Waals surface area contributed by atoms with Crippen molar-refractivity contribution >= 4 is 17.5 Å². The fraction of sp³-hybridized carbons (Fsp3) is 0.615. The molecule has 0 radical (unpaired) electrons. The molecule has 2 aromatic rings. The highest BCUT2D eigenvalue weighted by Crippen LogP contribution is 2.28. The smallest absolute Gasteiger partial charge is 0.239 e. The average Bonchev–Trinajstić information content (AvgIpc) is 3.42. The molecule has 2 aliphatic rings. The third-order valence-electron chi connectivity index (χ3n) is 7.05. The van der Waals surface area contributed by atoms with Crippen molar-refractivity contribution in [2.45, 2.75) is 66.0 Å². The van der Waals surface area contributed by atoms with Gasteiger partial charge in [0.1, 0.15) is 23.5 Å². The number of nitrogens with zero attached hydrogens (tertiary/aromatic N) is 6. The van der Waals surface area contributed by atoms with Gasteiger partial charge >= 0.3 is 0 Å². The first kappa shape index (κ1) is 25.1. The normalized spacial score (nSPS) is 18.8. The molecule has 0 saturated carbocycles. The van der Waals surface area contributed by atoms with Crippen LogP contribution in [-0.2, 0) is 16.1 Å². The van der Waals surface area contributed by atoms with Gasteiger partial charge in [-0.1, -0.05) is 13.8 Å². The van der Waals surface area contributed by atoms with E-state index in [4.69, 9.17) is 9.72 Å². The molecule has 1 amide bonds. The van der Waals surface area contributed by atoms with E-state index >= 15 is 0 Å². The molecule has 0 spiro atoms. The van der Waals surface area contributed by atoms with Crippen LogP contribution >= 0.6 is 0 Å². The predicted molar refractivity (Wildman–Crippen MR) is 136 cm³/mol. The Morgan fingerprint density at radius 3 is 2.60 bits per heavy atom. The summed E-state index contributed by atoms with van der Waals surface area (Å²) in [4.78, 5) is 26.8. The van der Waals surface area contributed by atoms with Gasteiger partial charge in [-0.15, -0.1) is 0 Å². The van der Waals surface area contributed by atoms with E-state index < -0.39 is 0 Å². The summed E-state index contributed by atoms with van der Waals surface area (Å²) >= 11 is 0. The molecular weight excluding hydrogens is 442 g/mol. The van der Waals surface area contributed by atoms with Crippen LogP contribution in [0.4, 0.5) is 11.6 Å². The summed E-state index contributed by atoms with van der Waals surface area (Å²) in [5, 5.41) is 12.8. The Hall–Kier alpha value is -2.96. The second-order valence-electron chi connectivity index (χ2n) is 9.98. The molecule has 1 N–H and O–H groups in total. The molecule has 1 atom stereocenters. The molecule has 2 aliphatic heterocycles. The molecule has 4 heterocycles. The molecule has 0 aliphatic carbocycles. The maximum atomic E-state index is 13.0. The Kier molecular flexibility index (Phi) is 7.72. The van der Waals surface area contributed by atoms with Crippen molar-refractivity contribution in [1.82, 2.24) is 19.4 Å². The number of hydrogen-bond acceptors (Lipinski definition) is 7. The van der Waals surface area contributed by atoms with Gasteiger partial charge < -0.3 is 19.5 Å². The van der Waals surface area contributed by atoms with E-state index in [-0.39, 0.29) is 17.9 Å². The number of carbonyl (C=O) groups excluding carboxylic acids is 1. The van der Waals surface area contributed by atoms with Crippen LogP contribution in [0.5, 0.6) is 0 Å². The van der Waals surface area contributed by atoms with Gasteiger partial charge in [0, 0.05) is 56.2 Å². The highest BCUT2D eigenvalue weighted by molar-refractivity contribution is 5.93.